The molecule has 0 fully saturated rings. The predicted molar refractivity (Wildman–Crippen MR) is 63.5 cm³/mol. The summed E-state index contributed by atoms with van der Waals surface area (Å²) in [5.41, 5.74) is 0.862. The summed E-state index contributed by atoms with van der Waals surface area (Å²) in [6.07, 6.45) is 11.6. The van der Waals surface area contributed by atoms with Crippen LogP contribution in [0.2, 0.25) is 0 Å². The van der Waals surface area contributed by atoms with Gasteiger partial charge in [0.2, 0.25) is 0 Å². The van der Waals surface area contributed by atoms with E-state index >= 15 is 0 Å². The monoisotopic (exact) mass is 207 g/mol. The molecule has 0 atom stereocenters. The molecule has 0 radical (unpaired) electrons. The fourth-order valence-corrected chi connectivity index (χ4v) is 1.57. The van der Waals surface area contributed by atoms with E-state index in [1.165, 1.54) is 38.5 Å². The maximum absolute atomic E-state index is 4.02. The van der Waals surface area contributed by atoms with E-state index in [2.05, 4.69) is 23.8 Å². The summed E-state index contributed by atoms with van der Waals surface area (Å²) in [7, 11) is 0. The number of nitrogens with zero attached hydrogens (tertiary/aromatic N) is 3. The van der Waals surface area contributed by atoms with Crippen molar-refractivity contribution in [3.05, 3.63) is 18.5 Å². The molecule has 1 heterocycles. The van der Waals surface area contributed by atoms with E-state index in [9.17, 15) is 0 Å². The predicted octanol–water partition coefficient (Wildman–Crippen LogP) is 3.28. The normalized spacial score (nSPS) is 10.5. The molecule has 0 unspecified atom stereocenters. The smallest absolute Gasteiger partial charge is 0.105 e. The maximum atomic E-state index is 4.02. The van der Waals surface area contributed by atoms with E-state index in [4.69, 9.17) is 0 Å². The van der Waals surface area contributed by atoms with Crippen molar-refractivity contribution in [2.75, 3.05) is 0 Å². The Morgan fingerprint density at radius 1 is 1.27 bits per heavy atom. The van der Waals surface area contributed by atoms with Gasteiger partial charge in [0.15, 0.2) is 0 Å². The summed E-state index contributed by atoms with van der Waals surface area (Å²) < 4.78 is 1.90. The standard InChI is InChI=1S/C12H21N3/c1-3-5-6-7-8-9-10-15-11-12(4-2)13-14-15/h4,11H,2-3,5-10H2,1H3. The van der Waals surface area contributed by atoms with E-state index in [1.807, 2.05) is 10.9 Å². The van der Waals surface area contributed by atoms with Crippen LogP contribution in [0.4, 0.5) is 0 Å². The Labute approximate surface area is 92.2 Å². The number of aromatic nitrogens is 3. The molecule has 84 valence electrons. The van der Waals surface area contributed by atoms with Gasteiger partial charge in [-0.25, -0.2) is 0 Å². The molecule has 0 bridgehead atoms. The van der Waals surface area contributed by atoms with Crippen molar-refractivity contribution in [2.24, 2.45) is 0 Å². The van der Waals surface area contributed by atoms with Gasteiger partial charge >= 0.3 is 0 Å². The highest BCUT2D eigenvalue weighted by molar-refractivity contribution is 5.38. The van der Waals surface area contributed by atoms with Crippen LogP contribution in [0, 0.1) is 0 Å². The Hall–Kier alpha value is -1.12. The van der Waals surface area contributed by atoms with Crippen LogP contribution in [-0.4, -0.2) is 15.0 Å². The lowest BCUT2D eigenvalue weighted by molar-refractivity contribution is 0.516. The third-order valence-corrected chi connectivity index (χ3v) is 2.51. The van der Waals surface area contributed by atoms with Gasteiger partial charge in [-0.1, -0.05) is 50.8 Å². The van der Waals surface area contributed by atoms with Crippen LogP contribution >= 0.6 is 0 Å². The first-order valence-electron chi connectivity index (χ1n) is 5.89. The molecule has 0 aliphatic carbocycles. The van der Waals surface area contributed by atoms with Crippen molar-refractivity contribution in [1.29, 1.82) is 0 Å². The van der Waals surface area contributed by atoms with E-state index in [-0.39, 0.29) is 0 Å². The first-order chi connectivity index (χ1) is 7.36. The molecule has 1 aromatic rings. The lowest BCUT2D eigenvalue weighted by Gasteiger charge is -2.00. The van der Waals surface area contributed by atoms with Gasteiger partial charge in [0.05, 0.1) is 6.20 Å². The van der Waals surface area contributed by atoms with Crippen molar-refractivity contribution in [3.8, 4) is 0 Å². The molecule has 0 amide bonds. The highest BCUT2D eigenvalue weighted by atomic mass is 15.4. The number of hydrogen-bond acceptors (Lipinski definition) is 2. The van der Waals surface area contributed by atoms with Crippen molar-refractivity contribution < 1.29 is 0 Å². The van der Waals surface area contributed by atoms with E-state index in [0.29, 0.717) is 0 Å². The molecule has 15 heavy (non-hydrogen) atoms. The third kappa shape index (κ3) is 4.77. The molecule has 0 saturated carbocycles. The zero-order valence-corrected chi connectivity index (χ0v) is 9.65. The minimum absolute atomic E-state index is 0.862. The number of rotatable bonds is 8. The van der Waals surface area contributed by atoms with Crippen molar-refractivity contribution in [1.82, 2.24) is 15.0 Å². The average Bonchev–Trinajstić information content (AvgIpc) is 2.71. The van der Waals surface area contributed by atoms with Gasteiger partial charge in [0.25, 0.3) is 0 Å². The van der Waals surface area contributed by atoms with Crippen molar-refractivity contribution in [3.63, 3.8) is 0 Å². The zero-order chi connectivity index (χ0) is 10.9. The summed E-state index contributed by atoms with van der Waals surface area (Å²) in [6.45, 7) is 6.88. The summed E-state index contributed by atoms with van der Waals surface area (Å²) in [5, 5.41) is 7.97. The minimum Gasteiger partial charge on any atom is -0.252 e. The minimum atomic E-state index is 0.862. The zero-order valence-electron chi connectivity index (χ0n) is 9.65. The number of unbranched alkanes of at least 4 members (excludes halogenated alkanes) is 5. The highest BCUT2D eigenvalue weighted by Gasteiger charge is 1.96. The van der Waals surface area contributed by atoms with Crippen LogP contribution in [0.1, 0.15) is 51.1 Å². The fourth-order valence-electron chi connectivity index (χ4n) is 1.57. The second-order valence-corrected chi connectivity index (χ2v) is 3.88. The Balaban J connectivity index is 2.07. The highest BCUT2D eigenvalue weighted by Crippen LogP contribution is 2.06. The molecular formula is C12H21N3. The van der Waals surface area contributed by atoms with Gasteiger partial charge in [-0.05, 0) is 12.5 Å². The number of hydrogen-bond donors (Lipinski definition) is 0. The van der Waals surface area contributed by atoms with Gasteiger partial charge in [-0.15, -0.1) is 5.10 Å². The molecule has 0 spiro atoms. The first-order valence-corrected chi connectivity index (χ1v) is 5.89. The SMILES string of the molecule is C=Cc1cn(CCCCCCCC)nn1. The van der Waals surface area contributed by atoms with Crippen LogP contribution in [0.3, 0.4) is 0 Å². The van der Waals surface area contributed by atoms with Crippen molar-refractivity contribution in [2.45, 2.75) is 52.0 Å². The molecule has 0 aliphatic rings. The van der Waals surface area contributed by atoms with Crippen molar-refractivity contribution >= 4 is 6.08 Å². The third-order valence-electron chi connectivity index (χ3n) is 2.51. The van der Waals surface area contributed by atoms with Gasteiger partial charge in [0.1, 0.15) is 5.69 Å². The summed E-state index contributed by atoms with van der Waals surface area (Å²) in [6, 6.07) is 0. The van der Waals surface area contributed by atoms with E-state index < -0.39 is 0 Å². The summed E-state index contributed by atoms with van der Waals surface area (Å²) in [4.78, 5) is 0. The molecule has 3 heteroatoms. The molecule has 1 aromatic heterocycles. The van der Waals surface area contributed by atoms with Gasteiger partial charge in [-0.3, -0.25) is 4.68 Å². The lowest BCUT2D eigenvalue weighted by atomic mass is 10.1. The van der Waals surface area contributed by atoms with Crippen LogP contribution < -0.4 is 0 Å². The van der Waals surface area contributed by atoms with Gasteiger partial charge in [-0.2, -0.15) is 0 Å². The molecule has 3 nitrogen and oxygen atoms in total. The van der Waals surface area contributed by atoms with E-state index in [1.54, 1.807) is 6.08 Å². The van der Waals surface area contributed by atoms with Crippen LogP contribution in [-0.2, 0) is 6.54 Å². The topological polar surface area (TPSA) is 30.7 Å². The molecular weight excluding hydrogens is 186 g/mol. The quantitative estimate of drug-likeness (QED) is 0.612. The summed E-state index contributed by atoms with van der Waals surface area (Å²) >= 11 is 0. The van der Waals surface area contributed by atoms with Gasteiger partial charge < -0.3 is 0 Å². The maximum Gasteiger partial charge on any atom is 0.105 e. The molecule has 1 rings (SSSR count). The van der Waals surface area contributed by atoms with Crippen LogP contribution in [0.5, 0.6) is 0 Å². The Morgan fingerprint density at radius 2 is 2.00 bits per heavy atom. The summed E-state index contributed by atoms with van der Waals surface area (Å²) in [5.74, 6) is 0. The van der Waals surface area contributed by atoms with Crippen LogP contribution in [0.25, 0.3) is 6.08 Å². The first kappa shape index (κ1) is 12.0. The largest absolute Gasteiger partial charge is 0.252 e. The Bertz CT molecular complexity index is 278. The second kappa shape index (κ2) is 7.21. The van der Waals surface area contributed by atoms with Gasteiger partial charge in [0, 0.05) is 6.54 Å². The average molecular weight is 207 g/mol. The Morgan fingerprint density at radius 3 is 2.67 bits per heavy atom. The Kier molecular flexibility index (Phi) is 5.74. The molecule has 0 aromatic carbocycles. The number of aryl methyl sites for hydroxylation is 1. The molecule has 0 N–H and O–H groups in total. The molecule has 0 saturated heterocycles. The lowest BCUT2D eigenvalue weighted by Crippen LogP contribution is -1.98. The second-order valence-electron chi connectivity index (χ2n) is 3.88. The van der Waals surface area contributed by atoms with Crippen LogP contribution in [0.15, 0.2) is 12.8 Å². The van der Waals surface area contributed by atoms with E-state index in [0.717, 1.165) is 12.2 Å². The molecule has 0 aliphatic heterocycles. The fraction of sp³-hybridized carbons (Fsp3) is 0.667.